The van der Waals surface area contributed by atoms with Crippen molar-refractivity contribution < 1.29 is 18.3 Å². The van der Waals surface area contributed by atoms with Gasteiger partial charge in [-0.25, -0.2) is 13.5 Å². The predicted octanol–water partition coefficient (Wildman–Crippen LogP) is 5.93. The van der Waals surface area contributed by atoms with Gasteiger partial charge in [0, 0.05) is 37.0 Å². The van der Waals surface area contributed by atoms with E-state index in [2.05, 4.69) is 20.1 Å². The minimum Gasteiger partial charge on any atom is -0.453 e. The van der Waals surface area contributed by atoms with Gasteiger partial charge in [-0.05, 0) is 63.6 Å². The molecule has 0 saturated heterocycles. The Balaban J connectivity index is 0.00000195. The number of ether oxygens (including phenoxy) is 1. The molecule has 0 aliphatic heterocycles. The van der Waals surface area contributed by atoms with Gasteiger partial charge in [0.2, 0.25) is 0 Å². The Bertz CT molecular complexity index is 1380. The van der Waals surface area contributed by atoms with Crippen molar-refractivity contribution in [2.24, 2.45) is 7.05 Å². The van der Waals surface area contributed by atoms with Gasteiger partial charge in [0.25, 0.3) is 11.5 Å². The third kappa shape index (κ3) is 6.65. The Morgan fingerprint density at radius 3 is 2.42 bits per heavy atom. The van der Waals surface area contributed by atoms with Crippen molar-refractivity contribution in [3.63, 3.8) is 0 Å². The minimum absolute atomic E-state index is 0.00492. The van der Waals surface area contributed by atoms with E-state index in [1.54, 1.807) is 20.0 Å². The van der Waals surface area contributed by atoms with Gasteiger partial charge >= 0.3 is 0 Å². The molecular weight excluding hydrogens is 512 g/mol. The van der Waals surface area contributed by atoms with Crippen LogP contribution in [-0.4, -0.2) is 23.6 Å². The number of halogens is 2. The van der Waals surface area contributed by atoms with Gasteiger partial charge in [-0.3, -0.25) is 14.2 Å². The van der Waals surface area contributed by atoms with Gasteiger partial charge in [0.1, 0.15) is 17.2 Å². The van der Waals surface area contributed by atoms with Crippen LogP contribution in [0.3, 0.4) is 0 Å². The summed E-state index contributed by atoms with van der Waals surface area (Å²) in [4.78, 5) is 26.5. The number of hydrogen-bond acceptors (Lipinski definition) is 7. The van der Waals surface area contributed by atoms with E-state index >= 15 is 0 Å². The zero-order valence-corrected chi connectivity index (χ0v) is 23.1. The van der Waals surface area contributed by atoms with E-state index in [0.717, 1.165) is 12.8 Å². The number of carbonyl (C=O) groups excluding carboxylic acids is 1. The summed E-state index contributed by atoms with van der Waals surface area (Å²) in [7, 11) is 3.19. The van der Waals surface area contributed by atoms with E-state index < -0.39 is 23.1 Å². The summed E-state index contributed by atoms with van der Waals surface area (Å²) < 4.78 is 42.4. The van der Waals surface area contributed by atoms with Crippen molar-refractivity contribution >= 4 is 35.2 Å². The van der Waals surface area contributed by atoms with Crippen LogP contribution in [0.5, 0.6) is 11.5 Å². The molecule has 0 atom stereocenters. The maximum atomic E-state index is 14.8. The number of carbonyl (C=O) groups is 1. The van der Waals surface area contributed by atoms with Gasteiger partial charge in [0.05, 0.1) is 11.3 Å². The average Bonchev–Trinajstić information content (AvgIpc) is 3.72. The molecule has 0 unspecified atom stereocenters. The standard InChI is InChI=1S/C25H27F2N5O3S.C2H6/c1-13-5-10-19(18(27)11-13)30-23-21(24(33)29-15-6-7-15)22(14(2)25(34)32(23)4)35-20-12-16(31-36-28-3)8-9-17(20)26;1-2/h5,8-12,15,28,30-31H,6-7H2,1-4H3,(H,29,33);1-2H3. The van der Waals surface area contributed by atoms with E-state index in [9.17, 15) is 18.4 Å². The van der Waals surface area contributed by atoms with Crippen LogP contribution in [0.15, 0.2) is 41.2 Å². The van der Waals surface area contributed by atoms with Crippen LogP contribution in [-0.2, 0) is 7.05 Å². The predicted molar refractivity (Wildman–Crippen MR) is 149 cm³/mol. The number of nitrogens with zero attached hydrogens (tertiary/aromatic N) is 1. The zero-order valence-electron chi connectivity index (χ0n) is 22.3. The fourth-order valence-corrected chi connectivity index (χ4v) is 3.94. The van der Waals surface area contributed by atoms with Crippen molar-refractivity contribution in [1.82, 2.24) is 14.6 Å². The summed E-state index contributed by atoms with van der Waals surface area (Å²) in [5, 5.41) is 5.78. The van der Waals surface area contributed by atoms with Crippen molar-refractivity contribution in [2.75, 3.05) is 17.1 Å². The number of nitrogens with one attached hydrogen (secondary N) is 4. The van der Waals surface area contributed by atoms with Crippen LogP contribution in [0.25, 0.3) is 0 Å². The van der Waals surface area contributed by atoms with E-state index in [-0.39, 0.29) is 40.2 Å². The lowest BCUT2D eigenvalue weighted by Crippen LogP contribution is -2.31. The number of anilines is 3. The summed E-state index contributed by atoms with van der Waals surface area (Å²) in [6, 6.07) is 8.72. The lowest BCUT2D eigenvalue weighted by atomic mass is 10.1. The fourth-order valence-electron chi connectivity index (χ4n) is 3.60. The lowest BCUT2D eigenvalue weighted by Gasteiger charge is -2.21. The van der Waals surface area contributed by atoms with Crippen molar-refractivity contribution in [3.8, 4) is 11.5 Å². The fraction of sp³-hybridized carbons (Fsp3) is 0.333. The zero-order chi connectivity index (χ0) is 28.0. The number of amides is 1. The number of aryl methyl sites for hydroxylation is 1. The highest BCUT2D eigenvalue weighted by Crippen LogP contribution is 2.36. The average molecular weight is 546 g/mol. The molecule has 0 bridgehead atoms. The second-order valence-electron chi connectivity index (χ2n) is 8.55. The topological polar surface area (TPSA) is 96.4 Å². The molecule has 1 aliphatic rings. The molecule has 1 heterocycles. The monoisotopic (exact) mass is 545 g/mol. The van der Waals surface area contributed by atoms with Crippen LogP contribution in [0, 0.1) is 25.5 Å². The maximum absolute atomic E-state index is 14.8. The first kappa shape index (κ1) is 29.0. The van der Waals surface area contributed by atoms with Crippen molar-refractivity contribution in [2.45, 2.75) is 46.6 Å². The highest BCUT2D eigenvalue weighted by molar-refractivity contribution is 7.98. The third-order valence-electron chi connectivity index (χ3n) is 5.70. The van der Waals surface area contributed by atoms with Crippen molar-refractivity contribution in [3.05, 3.63) is 75.1 Å². The first-order valence-corrected chi connectivity index (χ1v) is 13.1. The largest absolute Gasteiger partial charge is 0.453 e. The molecule has 0 spiro atoms. The number of pyridine rings is 1. The number of benzene rings is 2. The van der Waals surface area contributed by atoms with Crippen LogP contribution in [0.4, 0.5) is 26.0 Å². The Labute approximate surface area is 225 Å². The highest BCUT2D eigenvalue weighted by Gasteiger charge is 2.31. The molecule has 11 heteroatoms. The first-order valence-electron chi connectivity index (χ1n) is 12.3. The third-order valence-corrected chi connectivity index (χ3v) is 6.24. The van der Waals surface area contributed by atoms with Crippen LogP contribution in [0.2, 0.25) is 0 Å². The second-order valence-corrected chi connectivity index (χ2v) is 9.37. The minimum atomic E-state index is -0.678. The number of rotatable bonds is 9. The molecule has 1 saturated carbocycles. The molecule has 1 aromatic heterocycles. The molecule has 0 radical (unpaired) electrons. The Kier molecular flexibility index (Phi) is 9.76. The number of hydrogen-bond donors (Lipinski definition) is 4. The smallest absolute Gasteiger partial charge is 0.259 e. The molecule has 1 amide bonds. The molecule has 204 valence electrons. The molecule has 1 fully saturated rings. The van der Waals surface area contributed by atoms with E-state index in [0.29, 0.717) is 11.3 Å². The second kappa shape index (κ2) is 12.8. The van der Waals surface area contributed by atoms with Gasteiger partial charge < -0.3 is 20.1 Å². The Morgan fingerprint density at radius 2 is 1.79 bits per heavy atom. The summed E-state index contributed by atoms with van der Waals surface area (Å²) >= 11 is 1.18. The van der Waals surface area contributed by atoms with Crippen LogP contribution < -0.4 is 30.4 Å². The summed E-state index contributed by atoms with van der Waals surface area (Å²) in [6.45, 7) is 7.25. The van der Waals surface area contributed by atoms with Gasteiger partial charge in [-0.1, -0.05) is 19.9 Å². The molecule has 4 N–H and O–H groups in total. The highest BCUT2D eigenvalue weighted by atomic mass is 32.2. The molecule has 3 aromatic rings. The van der Waals surface area contributed by atoms with Gasteiger partial charge in [-0.15, -0.1) is 0 Å². The summed E-state index contributed by atoms with van der Waals surface area (Å²) in [6.07, 6.45) is 1.65. The molecule has 2 aromatic carbocycles. The van der Waals surface area contributed by atoms with E-state index in [4.69, 9.17) is 4.74 Å². The van der Waals surface area contributed by atoms with Crippen LogP contribution >= 0.6 is 12.1 Å². The van der Waals surface area contributed by atoms with Gasteiger partial charge in [-0.2, -0.15) is 0 Å². The summed E-state index contributed by atoms with van der Waals surface area (Å²) in [5.41, 5.74) is 0.929. The van der Waals surface area contributed by atoms with Crippen molar-refractivity contribution in [1.29, 1.82) is 0 Å². The molecule has 8 nitrogen and oxygen atoms in total. The maximum Gasteiger partial charge on any atom is 0.259 e. The normalized spacial score (nSPS) is 12.3. The number of aromatic nitrogens is 1. The molecule has 38 heavy (non-hydrogen) atoms. The Hall–Kier alpha value is -3.57. The van der Waals surface area contributed by atoms with E-state index in [1.807, 2.05) is 13.8 Å². The Morgan fingerprint density at radius 1 is 1.08 bits per heavy atom. The molecule has 1 aliphatic carbocycles. The van der Waals surface area contributed by atoms with Crippen LogP contribution in [0.1, 0.15) is 48.2 Å². The molecule has 4 rings (SSSR count). The first-order chi connectivity index (χ1) is 18.2. The quantitative estimate of drug-likeness (QED) is 0.248. The summed E-state index contributed by atoms with van der Waals surface area (Å²) in [5.74, 6) is -2.00. The lowest BCUT2D eigenvalue weighted by molar-refractivity contribution is 0.0948. The SMILES string of the molecule is CC.CNSNc1ccc(F)c(Oc2c(C(=O)NC3CC3)c(Nc3ccc(C)cc3F)n(C)c(=O)c2C)c1. The van der Waals surface area contributed by atoms with Gasteiger partial charge in [0.15, 0.2) is 17.3 Å². The molecular formula is C27H33F2N5O3S. The van der Waals surface area contributed by atoms with E-state index in [1.165, 1.54) is 61.0 Å².